The van der Waals surface area contributed by atoms with Gasteiger partial charge in [-0.05, 0) is 37.8 Å². The summed E-state index contributed by atoms with van der Waals surface area (Å²) in [6, 6.07) is 0. The molecule has 1 aliphatic heterocycles. The van der Waals surface area contributed by atoms with Gasteiger partial charge in [-0.3, -0.25) is 0 Å². The van der Waals surface area contributed by atoms with Crippen LogP contribution in [0.4, 0.5) is 8.78 Å². The zero-order valence-electron chi connectivity index (χ0n) is 8.39. The molecule has 78 valence electrons. The zero-order valence-corrected chi connectivity index (χ0v) is 8.39. The third-order valence-electron chi connectivity index (χ3n) is 2.81. The molecule has 3 atom stereocenters. The van der Waals surface area contributed by atoms with E-state index in [9.17, 15) is 8.78 Å². The fourth-order valence-corrected chi connectivity index (χ4v) is 1.94. The topological polar surface area (TPSA) is 9.23 Å². The van der Waals surface area contributed by atoms with E-state index in [0.29, 0.717) is 5.57 Å². The van der Waals surface area contributed by atoms with Gasteiger partial charge in [0.15, 0.2) is 12.3 Å². The van der Waals surface area contributed by atoms with Gasteiger partial charge < -0.3 is 4.74 Å². The monoisotopic (exact) mass is 200 g/mol. The van der Waals surface area contributed by atoms with E-state index >= 15 is 0 Å². The Balaban J connectivity index is 2.33. The predicted octanol–water partition coefficient (Wildman–Crippen LogP) is 3.08. The second-order valence-corrected chi connectivity index (χ2v) is 4.05. The lowest BCUT2D eigenvalue weighted by Crippen LogP contribution is -2.31. The lowest BCUT2D eigenvalue weighted by atomic mass is 9.90. The highest BCUT2D eigenvalue weighted by atomic mass is 19.2. The van der Waals surface area contributed by atoms with Crippen LogP contribution in [-0.4, -0.2) is 18.4 Å². The number of hydrogen-bond donors (Lipinski definition) is 0. The molecule has 3 unspecified atom stereocenters. The molecule has 0 spiro atoms. The average molecular weight is 200 g/mol. The Morgan fingerprint density at radius 2 is 2.07 bits per heavy atom. The molecule has 0 fully saturated rings. The van der Waals surface area contributed by atoms with Gasteiger partial charge in [0, 0.05) is 0 Å². The van der Waals surface area contributed by atoms with Crippen LogP contribution in [0.1, 0.15) is 26.7 Å². The molecule has 3 heteroatoms. The number of rotatable bonds is 0. The maximum absolute atomic E-state index is 13.5. The SMILES string of the molecule is CC1=CC2=C(OC(C)CC2)C(F)C1F. The molecule has 0 N–H and O–H groups in total. The normalized spacial score (nSPS) is 37.4. The van der Waals surface area contributed by atoms with Crippen LogP contribution in [-0.2, 0) is 4.74 Å². The summed E-state index contributed by atoms with van der Waals surface area (Å²) >= 11 is 0. The van der Waals surface area contributed by atoms with E-state index < -0.39 is 12.3 Å². The van der Waals surface area contributed by atoms with Crippen LogP contribution in [0.25, 0.3) is 0 Å². The van der Waals surface area contributed by atoms with Crippen LogP contribution in [0.2, 0.25) is 0 Å². The summed E-state index contributed by atoms with van der Waals surface area (Å²) in [6.07, 6.45) is 0.276. The molecule has 0 saturated heterocycles. The van der Waals surface area contributed by atoms with Gasteiger partial charge in [0.1, 0.15) is 5.76 Å². The van der Waals surface area contributed by atoms with Gasteiger partial charge in [-0.2, -0.15) is 0 Å². The fraction of sp³-hybridized carbons (Fsp3) is 0.636. The number of ether oxygens (including phenoxy) is 1. The van der Waals surface area contributed by atoms with E-state index in [1.165, 1.54) is 0 Å². The van der Waals surface area contributed by atoms with Crippen LogP contribution < -0.4 is 0 Å². The first-order valence-corrected chi connectivity index (χ1v) is 4.95. The van der Waals surface area contributed by atoms with Crippen molar-refractivity contribution in [1.29, 1.82) is 0 Å². The van der Waals surface area contributed by atoms with Gasteiger partial charge >= 0.3 is 0 Å². The van der Waals surface area contributed by atoms with Gasteiger partial charge in [0.2, 0.25) is 0 Å². The van der Waals surface area contributed by atoms with E-state index in [1.54, 1.807) is 13.0 Å². The third kappa shape index (κ3) is 1.45. The molecule has 0 aromatic carbocycles. The largest absolute Gasteiger partial charge is 0.492 e. The summed E-state index contributed by atoms with van der Waals surface area (Å²) < 4.78 is 32.2. The Kier molecular flexibility index (Phi) is 2.33. The van der Waals surface area contributed by atoms with E-state index in [1.807, 2.05) is 6.92 Å². The first-order chi connectivity index (χ1) is 6.59. The lowest BCUT2D eigenvalue weighted by Gasteiger charge is -2.31. The highest BCUT2D eigenvalue weighted by Gasteiger charge is 2.35. The molecule has 0 bridgehead atoms. The molecule has 14 heavy (non-hydrogen) atoms. The molecule has 0 saturated carbocycles. The first kappa shape index (κ1) is 9.69. The second-order valence-electron chi connectivity index (χ2n) is 4.05. The molecule has 1 nitrogen and oxygen atoms in total. The number of halogens is 2. The molecule has 0 radical (unpaired) electrons. The van der Waals surface area contributed by atoms with Crippen molar-refractivity contribution in [1.82, 2.24) is 0 Å². The van der Waals surface area contributed by atoms with Crippen LogP contribution in [0.15, 0.2) is 23.0 Å². The minimum Gasteiger partial charge on any atom is -0.492 e. The van der Waals surface area contributed by atoms with Crippen molar-refractivity contribution < 1.29 is 13.5 Å². The van der Waals surface area contributed by atoms with Gasteiger partial charge in [-0.15, -0.1) is 0 Å². The summed E-state index contributed by atoms with van der Waals surface area (Å²) in [5.41, 5.74) is 1.30. The van der Waals surface area contributed by atoms with Crippen molar-refractivity contribution in [2.45, 2.75) is 45.1 Å². The van der Waals surface area contributed by atoms with Crippen molar-refractivity contribution >= 4 is 0 Å². The third-order valence-corrected chi connectivity index (χ3v) is 2.81. The van der Waals surface area contributed by atoms with Gasteiger partial charge in [-0.25, -0.2) is 8.78 Å². The Morgan fingerprint density at radius 3 is 2.79 bits per heavy atom. The van der Waals surface area contributed by atoms with Crippen LogP contribution in [0, 0.1) is 0 Å². The van der Waals surface area contributed by atoms with Crippen molar-refractivity contribution in [3.8, 4) is 0 Å². The minimum atomic E-state index is -1.60. The number of hydrogen-bond acceptors (Lipinski definition) is 1. The smallest absolute Gasteiger partial charge is 0.192 e. The first-order valence-electron chi connectivity index (χ1n) is 4.95. The summed E-state index contributed by atoms with van der Waals surface area (Å²) in [7, 11) is 0. The highest BCUT2D eigenvalue weighted by Crippen LogP contribution is 2.36. The summed E-state index contributed by atoms with van der Waals surface area (Å²) in [5.74, 6) is 0.224. The second kappa shape index (κ2) is 3.37. The quantitative estimate of drug-likeness (QED) is 0.584. The summed E-state index contributed by atoms with van der Waals surface area (Å²) in [6.45, 7) is 3.51. The van der Waals surface area contributed by atoms with Crippen LogP contribution in [0.5, 0.6) is 0 Å². The number of alkyl halides is 2. The van der Waals surface area contributed by atoms with Crippen LogP contribution in [0.3, 0.4) is 0 Å². The Labute approximate surface area is 82.4 Å². The summed E-state index contributed by atoms with van der Waals surface area (Å²) in [4.78, 5) is 0. The van der Waals surface area contributed by atoms with E-state index in [2.05, 4.69) is 0 Å². The van der Waals surface area contributed by atoms with Gasteiger partial charge in [-0.1, -0.05) is 6.08 Å². The maximum atomic E-state index is 13.5. The molecular formula is C11H14F2O. The zero-order chi connectivity index (χ0) is 10.3. The fourth-order valence-electron chi connectivity index (χ4n) is 1.94. The van der Waals surface area contributed by atoms with Crippen molar-refractivity contribution in [3.63, 3.8) is 0 Å². The molecule has 1 aliphatic carbocycles. The van der Waals surface area contributed by atoms with E-state index in [0.717, 1.165) is 18.4 Å². The van der Waals surface area contributed by atoms with Crippen molar-refractivity contribution in [3.05, 3.63) is 23.0 Å². The molecule has 1 heterocycles. The predicted molar refractivity (Wildman–Crippen MR) is 50.4 cm³/mol. The number of allylic oxidation sites excluding steroid dienone is 4. The van der Waals surface area contributed by atoms with Crippen molar-refractivity contribution in [2.75, 3.05) is 0 Å². The molecular weight excluding hydrogens is 186 g/mol. The van der Waals surface area contributed by atoms with E-state index in [-0.39, 0.29) is 11.9 Å². The molecule has 0 aromatic rings. The minimum absolute atomic E-state index is 0.00556. The average Bonchev–Trinajstić information content (AvgIpc) is 2.16. The standard InChI is InChI=1S/C11H14F2O/c1-6-5-8-4-3-7(2)14-11(8)10(13)9(6)12/h5,7,9-10H,3-4H2,1-2H3. The van der Waals surface area contributed by atoms with Crippen LogP contribution >= 0.6 is 0 Å². The van der Waals surface area contributed by atoms with Gasteiger partial charge in [0.25, 0.3) is 0 Å². The molecule has 0 aromatic heterocycles. The maximum Gasteiger partial charge on any atom is 0.192 e. The Hall–Kier alpha value is -0.860. The van der Waals surface area contributed by atoms with Gasteiger partial charge in [0.05, 0.1) is 6.10 Å². The lowest BCUT2D eigenvalue weighted by molar-refractivity contribution is 0.0507. The Bertz CT molecular complexity index is 306. The van der Waals surface area contributed by atoms with E-state index in [4.69, 9.17) is 4.74 Å². The highest BCUT2D eigenvalue weighted by molar-refractivity contribution is 5.37. The van der Waals surface area contributed by atoms with Crippen molar-refractivity contribution in [2.24, 2.45) is 0 Å². The molecule has 0 amide bonds. The summed E-state index contributed by atoms with van der Waals surface area (Å²) in [5, 5.41) is 0. The Morgan fingerprint density at radius 1 is 1.36 bits per heavy atom. The molecule has 2 rings (SSSR count). The molecule has 2 aliphatic rings.